The molecule has 0 saturated carbocycles. The van der Waals surface area contributed by atoms with Crippen LogP contribution in [0.3, 0.4) is 0 Å². The normalized spacial score (nSPS) is 21.8. The highest BCUT2D eigenvalue weighted by Gasteiger charge is 2.51. The van der Waals surface area contributed by atoms with Gasteiger partial charge < -0.3 is 9.88 Å². The predicted octanol–water partition coefficient (Wildman–Crippen LogP) is 3.03. The molecular formula is C23H22N4O3. The van der Waals surface area contributed by atoms with Crippen molar-refractivity contribution in [3.05, 3.63) is 54.4 Å². The summed E-state index contributed by atoms with van der Waals surface area (Å²) in [7, 11) is 0. The van der Waals surface area contributed by atoms with E-state index in [2.05, 4.69) is 14.9 Å². The molecule has 2 aliphatic heterocycles. The molecule has 5 rings (SSSR count). The third-order valence-electron chi connectivity index (χ3n) is 6.13. The van der Waals surface area contributed by atoms with Crippen LogP contribution in [0.5, 0.6) is 0 Å². The molecule has 0 aliphatic carbocycles. The highest BCUT2D eigenvalue weighted by atomic mass is 16.2. The molecule has 0 radical (unpaired) electrons. The minimum absolute atomic E-state index is 0.299. The van der Waals surface area contributed by atoms with E-state index in [-0.39, 0.29) is 5.78 Å². The number of Topliss-reactive ketones (excluding diaryl/α,β-unsaturated/α-hetero) is 2. The number of carbonyl (C=O) groups excluding carboxylic acids is 3. The molecule has 3 heterocycles. The Kier molecular flexibility index (Phi) is 4.38. The molecule has 0 spiro atoms. The smallest absolute Gasteiger partial charge is 0.295 e. The fraction of sp³-hybridized carbons (Fsp3) is 0.304. The number of nitrogens with zero attached hydrogens (tertiary/aromatic N) is 3. The number of carbonyl (C=O) groups is 3. The summed E-state index contributed by atoms with van der Waals surface area (Å²) in [5.41, 5.74) is 4.01. The highest BCUT2D eigenvalue weighted by molar-refractivity contribution is 6.48. The minimum atomic E-state index is -1.01. The van der Waals surface area contributed by atoms with Crippen LogP contribution >= 0.6 is 0 Å². The second kappa shape index (κ2) is 7.09. The molecule has 2 fully saturated rings. The largest absolute Gasteiger partial charge is 0.372 e. The van der Waals surface area contributed by atoms with Gasteiger partial charge in [-0.15, -0.1) is 0 Å². The van der Waals surface area contributed by atoms with Crippen molar-refractivity contribution in [3.63, 3.8) is 0 Å². The Hall–Kier alpha value is -3.48. The molecule has 7 nitrogen and oxygen atoms in total. The summed E-state index contributed by atoms with van der Waals surface area (Å²) in [4.78, 5) is 49.1. The summed E-state index contributed by atoms with van der Waals surface area (Å²) in [6, 6.07) is 12.6. The Labute approximate surface area is 173 Å². The van der Waals surface area contributed by atoms with Gasteiger partial charge in [0.25, 0.3) is 5.91 Å². The zero-order valence-corrected chi connectivity index (χ0v) is 16.7. The van der Waals surface area contributed by atoms with Gasteiger partial charge in [-0.05, 0) is 55.7 Å². The molecule has 7 heteroatoms. The highest BCUT2D eigenvalue weighted by Crippen LogP contribution is 2.41. The second-order valence-corrected chi connectivity index (χ2v) is 7.96. The standard InChI is InChI=1S/C23H22N4O3/c1-14(28)20-21(15-4-6-16(7-5-15)26-10-2-3-11-26)27(23(30)22(20)29)17-8-9-18-19(12-17)25-13-24-18/h4-9,12-13,20-21H,2-3,10-11H2,1H3,(H,24,25). The van der Waals surface area contributed by atoms with Crippen molar-refractivity contribution in [2.45, 2.75) is 25.8 Å². The number of ketones is 2. The van der Waals surface area contributed by atoms with Crippen LogP contribution in [-0.2, 0) is 14.4 Å². The molecule has 2 atom stereocenters. The fourth-order valence-corrected chi connectivity index (χ4v) is 4.63. The topological polar surface area (TPSA) is 86.4 Å². The average Bonchev–Trinajstić information content (AvgIpc) is 3.48. The van der Waals surface area contributed by atoms with Gasteiger partial charge in [0.05, 0.1) is 23.4 Å². The lowest BCUT2D eigenvalue weighted by atomic mass is 9.89. The molecule has 30 heavy (non-hydrogen) atoms. The number of nitrogens with one attached hydrogen (secondary N) is 1. The molecule has 152 valence electrons. The summed E-state index contributed by atoms with van der Waals surface area (Å²) in [6.45, 7) is 3.45. The van der Waals surface area contributed by atoms with Gasteiger partial charge in [0.1, 0.15) is 11.7 Å². The number of fused-ring (bicyclic) bond motifs is 1. The fourth-order valence-electron chi connectivity index (χ4n) is 4.63. The number of aromatic nitrogens is 2. The van der Waals surface area contributed by atoms with E-state index in [4.69, 9.17) is 0 Å². The Morgan fingerprint density at radius 1 is 1.03 bits per heavy atom. The lowest BCUT2D eigenvalue weighted by molar-refractivity contribution is -0.138. The van der Waals surface area contributed by atoms with Gasteiger partial charge in [0.2, 0.25) is 5.78 Å². The van der Waals surface area contributed by atoms with E-state index in [1.54, 1.807) is 24.5 Å². The zero-order valence-electron chi connectivity index (χ0n) is 16.7. The minimum Gasteiger partial charge on any atom is -0.372 e. The van der Waals surface area contributed by atoms with Gasteiger partial charge in [0, 0.05) is 24.5 Å². The number of H-pyrrole nitrogens is 1. The summed E-state index contributed by atoms with van der Waals surface area (Å²) in [5.74, 6) is -2.61. The van der Waals surface area contributed by atoms with Gasteiger partial charge in [-0.3, -0.25) is 19.3 Å². The van der Waals surface area contributed by atoms with Crippen molar-refractivity contribution in [2.24, 2.45) is 5.92 Å². The molecule has 1 amide bonds. The number of benzene rings is 2. The molecule has 2 unspecified atom stereocenters. The van der Waals surface area contributed by atoms with Gasteiger partial charge in [0.15, 0.2) is 0 Å². The number of anilines is 2. The Morgan fingerprint density at radius 3 is 2.43 bits per heavy atom. The summed E-state index contributed by atoms with van der Waals surface area (Å²) >= 11 is 0. The van der Waals surface area contributed by atoms with Crippen molar-refractivity contribution in [3.8, 4) is 0 Å². The van der Waals surface area contributed by atoms with Crippen molar-refractivity contribution >= 4 is 39.9 Å². The molecule has 2 aliphatic rings. The molecule has 0 bridgehead atoms. The Balaban J connectivity index is 1.58. The van der Waals surface area contributed by atoms with Gasteiger partial charge in [-0.1, -0.05) is 12.1 Å². The van der Waals surface area contributed by atoms with Gasteiger partial charge >= 0.3 is 0 Å². The maximum absolute atomic E-state index is 12.9. The monoisotopic (exact) mass is 402 g/mol. The van der Waals surface area contributed by atoms with Crippen LogP contribution < -0.4 is 9.80 Å². The zero-order chi connectivity index (χ0) is 20.8. The van der Waals surface area contributed by atoms with E-state index in [1.807, 2.05) is 24.3 Å². The van der Waals surface area contributed by atoms with E-state index in [9.17, 15) is 14.4 Å². The molecule has 2 saturated heterocycles. The Bertz CT molecular complexity index is 1140. The van der Waals surface area contributed by atoms with Crippen LogP contribution in [-0.4, -0.2) is 40.5 Å². The van der Waals surface area contributed by atoms with Crippen LogP contribution in [0.15, 0.2) is 48.8 Å². The third kappa shape index (κ3) is 2.89. The van der Waals surface area contributed by atoms with Crippen LogP contribution in [0.4, 0.5) is 11.4 Å². The predicted molar refractivity (Wildman–Crippen MR) is 113 cm³/mol. The summed E-state index contributed by atoms with van der Waals surface area (Å²) in [6.07, 6.45) is 3.95. The van der Waals surface area contributed by atoms with Gasteiger partial charge in [-0.2, -0.15) is 0 Å². The van der Waals surface area contributed by atoms with E-state index in [0.29, 0.717) is 5.69 Å². The number of hydrogen-bond donors (Lipinski definition) is 1. The maximum atomic E-state index is 12.9. The van der Waals surface area contributed by atoms with Crippen LogP contribution in [0.2, 0.25) is 0 Å². The quantitative estimate of drug-likeness (QED) is 0.536. The van der Waals surface area contributed by atoms with Crippen molar-refractivity contribution < 1.29 is 14.4 Å². The molecular weight excluding hydrogens is 380 g/mol. The number of amides is 1. The summed E-state index contributed by atoms with van der Waals surface area (Å²) < 4.78 is 0. The second-order valence-electron chi connectivity index (χ2n) is 7.96. The van der Waals surface area contributed by atoms with E-state index < -0.39 is 23.7 Å². The third-order valence-corrected chi connectivity index (χ3v) is 6.13. The van der Waals surface area contributed by atoms with Crippen LogP contribution in [0.25, 0.3) is 11.0 Å². The lowest BCUT2D eigenvalue weighted by Crippen LogP contribution is -2.30. The number of aromatic amines is 1. The first-order valence-corrected chi connectivity index (χ1v) is 10.2. The maximum Gasteiger partial charge on any atom is 0.295 e. The van der Waals surface area contributed by atoms with E-state index >= 15 is 0 Å². The lowest BCUT2D eigenvalue weighted by Gasteiger charge is -2.27. The number of imidazole rings is 1. The average molecular weight is 402 g/mol. The van der Waals surface area contributed by atoms with Crippen molar-refractivity contribution in [1.82, 2.24) is 9.97 Å². The van der Waals surface area contributed by atoms with Crippen molar-refractivity contribution in [1.29, 1.82) is 0 Å². The Morgan fingerprint density at radius 2 is 1.73 bits per heavy atom. The first-order chi connectivity index (χ1) is 14.5. The number of rotatable bonds is 4. The van der Waals surface area contributed by atoms with Crippen LogP contribution in [0, 0.1) is 5.92 Å². The van der Waals surface area contributed by atoms with E-state index in [1.165, 1.54) is 24.7 Å². The van der Waals surface area contributed by atoms with Gasteiger partial charge in [-0.25, -0.2) is 4.98 Å². The van der Waals surface area contributed by atoms with E-state index in [0.717, 1.165) is 35.4 Å². The van der Waals surface area contributed by atoms with Crippen molar-refractivity contribution in [2.75, 3.05) is 22.9 Å². The molecule has 3 aromatic rings. The SMILES string of the molecule is CC(=O)C1C(=O)C(=O)N(c2ccc3nc[nH]c3c2)C1c1ccc(N2CCCC2)cc1. The van der Waals surface area contributed by atoms with Crippen LogP contribution in [0.1, 0.15) is 31.4 Å². The first-order valence-electron chi connectivity index (χ1n) is 10.2. The molecule has 1 N–H and O–H groups in total. The number of hydrogen-bond acceptors (Lipinski definition) is 5. The molecule has 2 aromatic carbocycles. The molecule has 1 aromatic heterocycles. The summed E-state index contributed by atoms with van der Waals surface area (Å²) in [5, 5.41) is 0. The first kappa shape index (κ1) is 18.5.